The van der Waals surface area contributed by atoms with Crippen LogP contribution in [0.2, 0.25) is 0 Å². The molecule has 0 amide bonds. The molecule has 0 unspecified atom stereocenters. The maximum Gasteiger partial charge on any atom is 0.140 e. The molecule has 4 rings (SSSR count). The number of likely N-dealkylation sites (tertiary alicyclic amines) is 1. The van der Waals surface area contributed by atoms with Gasteiger partial charge in [-0.05, 0) is 57.6 Å². The summed E-state index contributed by atoms with van der Waals surface area (Å²) in [7, 11) is 0. The van der Waals surface area contributed by atoms with E-state index in [2.05, 4.69) is 50.0 Å². The number of anilines is 1. The van der Waals surface area contributed by atoms with Gasteiger partial charge in [-0.15, -0.1) is 11.3 Å². The molecule has 7 heteroatoms. The molecule has 2 aromatic rings. The second-order valence-corrected chi connectivity index (χ2v) is 8.94. The summed E-state index contributed by atoms with van der Waals surface area (Å²) in [5.74, 6) is 1.05. The highest BCUT2D eigenvalue weighted by Crippen LogP contribution is 2.30. The lowest BCUT2D eigenvalue weighted by atomic mass is 9.97. The van der Waals surface area contributed by atoms with Gasteiger partial charge in [0.25, 0.3) is 0 Å². The Morgan fingerprint density at radius 2 is 2.00 bits per heavy atom. The Morgan fingerprint density at radius 1 is 1.19 bits per heavy atom. The summed E-state index contributed by atoms with van der Waals surface area (Å²) in [5, 5.41) is 12.9. The third-order valence-electron chi connectivity index (χ3n) is 6.23. The minimum Gasteiger partial charge on any atom is -0.396 e. The molecule has 0 aliphatic carbocycles. The van der Waals surface area contributed by atoms with Crippen LogP contribution in [-0.4, -0.2) is 82.3 Å². The Bertz CT molecular complexity index is 743. The molecular weight excluding hydrogens is 358 g/mol. The van der Waals surface area contributed by atoms with Gasteiger partial charge in [0, 0.05) is 44.4 Å². The average molecular weight is 390 g/mol. The van der Waals surface area contributed by atoms with Crippen LogP contribution < -0.4 is 4.90 Å². The van der Waals surface area contributed by atoms with Gasteiger partial charge in [-0.25, -0.2) is 9.97 Å². The maximum absolute atomic E-state index is 9.67. The number of aliphatic hydroxyl groups is 1. The van der Waals surface area contributed by atoms with Gasteiger partial charge in [0.1, 0.15) is 17.0 Å². The highest BCUT2D eigenvalue weighted by molar-refractivity contribution is 7.16. The zero-order valence-electron chi connectivity index (χ0n) is 16.4. The van der Waals surface area contributed by atoms with Gasteiger partial charge in [-0.3, -0.25) is 4.90 Å². The van der Waals surface area contributed by atoms with Crippen LogP contribution in [0.25, 0.3) is 10.2 Å². The Labute approximate surface area is 165 Å². The van der Waals surface area contributed by atoms with E-state index in [4.69, 9.17) is 0 Å². The lowest BCUT2D eigenvalue weighted by Crippen LogP contribution is -2.59. The molecule has 2 fully saturated rings. The molecule has 27 heavy (non-hydrogen) atoms. The van der Waals surface area contributed by atoms with E-state index in [-0.39, 0.29) is 6.61 Å². The van der Waals surface area contributed by atoms with Crippen LogP contribution in [0.3, 0.4) is 0 Å². The van der Waals surface area contributed by atoms with Gasteiger partial charge in [0.2, 0.25) is 0 Å². The number of fused-ring (bicyclic) bond motifs is 1. The van der Waals surface area contributed by atoms with Gasteiger partial charge < -0.3 is 14.9 Å². The average Bonchev–Trinajstić information content (AvgIpc) is 3.17. The fourth-order valence-electron chi connectivity index (χ4n) is 4.71. The van der Waals surface area contributed by atoms with Crippen LogP contribution in [-0.2, 0) is 0 Å². The molecular formula is C20H31N5OS. The summed E-state index contributed by atoms with van der Waals surface area (Å²) in [6.45, 7) is 10.2. The number of nitrogens with zero attached hydrogens (tertiary/aromatic N) is 5. The summed E-state index contributed by atoms with van der Waals surface area (Å²) in [4.78, 5) is 17.7. The third kappa shape index (κ3) is 3.97. The largest absolute Gasteiger partial charge is 0.396 e. The second-order valence-electron chi connectivity index (χ2n) is 8.05. The molecule has 0 spiro atoms. The highest BCUT2D eigenvalue weighted by atomic mass is 32.1. The van der Waals surface area contributed by atoms with Crippen molar-refractivity contribution in [2.45, 2.75) is 51.2 Å². The lowest BCUT2D eigenvalue weighted by Gasteiger charge is -2.48. The predicted molar refractivity (Wildman–Crippen MR) is 112 cm³/mol. The van der Waals surface area contributed by atoms with E-state index in [1.807, 2.05) is 0 Å². The number of hydrogen-bond acceptors (Lipinski definition) is 7. The molecule has 0 radical (unpaired) electrons. The van der Waals surface area contributed by atoms with Gasteiger partial charge >= 0.3 is 0 Å². The monoisotopic (exact) mass is 389 g/mol. The Balaban J connectivity index is 1.47. The van der Waals surface area contributed by atoms with Crippen molar-refractivity contribution in [2.24, 2.45) is 0 Å². The van der Waals surface area contributed by atoms with E-state index in [0.717, 1.165) is 42.1 Å². The van der Waals surface area contributed by atoms with Crippen LogP contribution in [0.15, 0.2) is 17.8 Å². The first-order chi connectivity index (χ1) is 13.2. The summed E-state index contributed by atoms with van der Waals surface area (Å²) >= 11 is 1.67. The zero-order chi connectivity index (χ0) is 18.8. The number of aromatic nitrogens is 2. The fourth-order valence-corrected chi connectivity index (χ4v) is 5.44. The molecule has 6 nitrogen and oxygen atoms in total. The maximum atomic E-state index is 9.67. The van der Waals surface area contributed by atoms with E-state index in [0.29, 0.717) is 18.1 Å². The summed E-state index contributed by atoms with van der Waals surface area (Å²) in [6.07, 6.45) is 4.99. The molecule has 0 bridgehead atoms. The van der Waals surface area contributed by atoms with Crippen LogP contribution >= 0.6 is 11.3 Å². The summed E-state index contributed by atoms with van der Waals surface area (Å²) < 4.78 is 0. The van der Waals surface area contributed by atoms with E-state index in [1.54, 1.807) is 17.7 Å². The van der Waals surface area contributed by atoms with Crippen LogP contribution in [0.4, 0.5) is 5.82 Å². The predicted octanol–water partition coefficient (Wildman–Crippen LogP) is 2.44. The van der Waals surface area contributed by atoms with Crippen molar-refractivity contribution in [1.82, 2.24) is 19.8 Å². The molecule has 1 N–H and O–H groups in total. The molecule has 1 atom stereocenters. The minimum absolute atomic E-state index is 0.248. The van der Waals surface area contributed by atoms with Crippen molar-refractivity contribution in [3.63, 3.8) is 0 Å². The standard InChI is InChI=1S/C20H31N5OS/c1-15(2)23-7-3-16(4-8-23)25-10-9-24(13-17(25)5-11-26)19-18-6-12-27-20(18)22-14-21-19/h6,12,14-17,26H,3-5,7-11,13H2,1-2H3/t17-/m1/s1. The first-order valence-electron chi connectivity index (χ1n) is 10.2. The van der Waals surface area contributed by atoms with Crippen LogP contribution in [0.1, 0.15) is 33.1 Å². The highest BCUT2D eigenvalue weighted by Gasteiger charge is 2.34. The number of piperidine rings is 1. The van der Waals surface area contributed by atoms with E-state index in [9.17, 15) is 5.11 Å². The summed E-state index contributed by atoms with van der Waals surface area (Å²) in [6, 6.07) is 3.81. The van der Waals surface area contributed by atoms with E-state index < -0.39 is 0 Å². The number of hydrogen-bond donors (Lipinski definition) is 1. The zero-order valence-corrected chi connectivity index (χ0v) is 17.2. The van der Waals surface area contributed by atoms with Crippen molar-refractivity contribution >= 4 is 27.4 Å². The van der Waals surface area contributed by atoms with Crippen molar-refractivity contribution in [3.8, 4) is 0 Å². The minimum atomic E-state index is 0.248. The van der Waals surface area contributed by atoms with Crippen molar-refractivity contribution in [2.75, 3.05) is 44.2 Å². The number of thiophene rings is 1. The van der Waals surface area contributed by atoms with Gasteiger partial charge in [0.05, 0.1) is 5.39 Å². The molecule has 2 aliphatic heterocycles. The molecule has 2 aromatic heterocycles. The van der Waals surface area contributed by atoms with Crippen LogP contribution in [0, 0.1) is 0 Å². The first-order valence-corrected chi connectivity index (χ1v) is 11.1. The van der Waals surface area contributed by atoms with Gasteiger partial charge in [-0.1, -0.05) is 0 Å². The molecule has 148 valence electrons. The fraction of sp³-hybridized carbons (Fsp3) is 0.700. The first kappa shape index (κ1) is 19.1. The SMILES string of the molecule is CC(C)N1CCC(N2CCN(c3ncnc4sccc34)C[C@H]2CCO)CC1. The smallest absolute Gasteiger partial charge is 0.140 e. The Kier molecular flexibility index (Phi) is 5.92. The van der Waals surface area contributed by atoms with Crippen molar-refractivity contribution < 1.29 is 5.11 Å². The van der Waals surface area contributed by atoms with E-state index >= 15 is 0 Å². The molecule has 0 saturated carbocycles. The van der Waals surface area contributed by atoms with E-state index in [1.165, 1.54) is 25.9 Å². The second kappa shape index (κ2) is 8.39. The summed E-state index contributed by atoms with van der Waals surface area (Å²) in [5.41, 5.74) is 0. The van der Waals surface area contributed by atoms with Gasteiger partial charge in [0.15, 0.2) is 0 Å². The molecule has 4 heterocycles. The Hall–Kier alpha value is -1.28. The lowest BCUT2D eigenvalue weighted by molar-refractivity contribution is 0.0463. The topological polar surface area (TPSA) is 55.7 Å². The molecule has 2 aliphatic rings. The number of piperazine rings is 1. The third-order valence-corrected chi connectivity index (χ3v) is 7.05. The van der Waals surface area contributed by atoms with Gasteiger partial charge in [-0.2, -0.15) is 0 Å². The molecule has 0 aromatic carbocycles. The quantitative estimate of drug-likeness (QED) is 0.848. The van der Waals surface area contributed by atoms with Crippen LogP contribution in [0.5, 0.6) is 0 Å². The molecule has 2 saturated heterocycles. The normalized spacial score (nSPS) is 23.6. The van der Waals surface area contributed by atoms with Crippen molar-refractivity contribution in [3.05, 3.63) is 17.8 Å². The number of rotatable bonds is 5. The Morgan fingerprint density at radius 3 is 2.74 bits per heavy atom. The van der Waals surface area contributed by atoms with Crippen molar-refractivity contribution in [1.29, 1.82) is 0 Å². The number of aliphatic hydroxyl groups excluding tert-OH is 1.